The molecule has 1 saturated carbocycles. The van der Waals surface area contributed by atoms with Crippen LogP contribution in [0.2, 0.25) is 0 Å². The van der Waals surface area contributed by atoms with E-state index in [2.05, 4.69) is 38.0 Å². The van der Waals surface area contributed by atoms with Crippen molar-refractivity contribution in [1.29, 1.82) is 0 Å². The van der Waals surface area contributed by atoms with Gasteiger partial charge in [-0.3, -0.25) is 4.90 Å². The van der Waals surface area contributed by atoms with Gasteiger partial charge in [0.05, 0.1) is 0 Å². The van der Waals surface area contributed by atoms with E-state index in [1.807, 2.05) is 0 Å². The summed E-state index contributed by atoms with van der Waals surface area (Å²) in [5, 5.41) is 3.42. The van der Waals surface area contributed by atoms with Crippen LogP contribution in [0.4, 0.5) is 0 Å². The van der Waals surface area contributed by atoms with Gasteiger partial charge in [0.2, 0.25) is 0 Å². The Bertz CT molecular complexity index is 221. The van der Waals surface area contributed by atoms with Crippen LogP contribution in [0.1, 0.15) is 46.5 Å². The molecule has 0 aromatic carbocycles. The SMILES string of the molecule is CNC1CCN(C(C)(C)C2CC2)C(C)C1. The first kappa shape index (κ1) is 11.4. The van der Waals surface area contributed by atoms with Crippen molar-refractivity contribution >= 4 is 0 Å². The Hall–Kier alpha value is -0.0800. The Morgan fingerprint density at radius 3 is 2.33 bits per heavy atom. The van der Waals surface area contributed by atoms with Gasteiger partial charge >= 0.3 is 0 Å². The number of nitrogens with zero attached hydrogens (tertiary/aromatic N) is 1. The normalized spacial score (nSPS) is 34.4. The topological polar surface area (TPSA) is 15.3 Å². The lowest BCUT2D eigenvalue weighted by atomic mass is 9.88. The van der Waals surface area contributed by atoms with Crippen molar-refractivity contribution in [2.45, 2.75) is 64.1 Å². The maximum Gasteiger partial charge on any atom is 0.0184 e. The fraction of sp³-hybridized carbons (Fsp3) is 1.00. The maximum atomic E-state index is 3.42. The standard InChI is InChI=1S/C13H26N2/c1-10-9-12(14-4)7-8-15(10)13(2,3)11-5-6-11/h10-12,14H,5-9H2,1-4H3. The second kappa shape index (κ2) is 4.06. The van der Waals surface area contributed by atoms with E-state index >= 15 is 0 Å². The molecule has 0 aromatic heterocycles. The number of hydrogen-bond donors (Lipinski definition) is 1. The van der Waals surface area contributed by atoms with Crippen LogP contribution in [-0.4, -0.2) is 36.1 Å². The van der Waals surface area contributed by atoms with Crippen molar-refractivity contribution in [2.24, 2.45) is 5.92 Å². The molecule has 0 spiro atoms. The molecule has 2 atom stereocenters. The second-order valence-corrected chi connectivity index (χ2v) is 5.98. The lowest BCUT2D eigenvalue weighted by Crippen LogP contribution is -2.56. The summed E-state index contributed by atoms with van der Waals surface area (Å²) in [6.07, 6.45) is 5.53. The van der Waals surface area contributed by atoms with Crippen molar-refractivity contribution in [3.05, 3.63) is 0 Å². The van der Waals surface area contributed by atoms with Gasteiger partial charge in [-0.15, -0.1) is 0 Å². The third-order valence-corrected chi connectivity index (χ3v) is 4.60. The smallest absolute Gasteiger partial charge is 0.0184 e. The summed E-state index contributed by atoms with van der Waals surface area (Å²) in [6, 6.07) is 1.48. The van der Waals surface area contributed by atoms with E-state index in [1.54, 1.807) is 0 Å². The van der Waals surface area contributed by atoms with Crippen LogP contribution < -0.4 is 5.32 Å². The van der Waals surface area contributed by atoms with Gasteiger partial charge in [0.15, 0.2) is 0 Å². The van der Waals surface area contributed by atoms with Gasteiger partial charge < -0.3 is 5.32 Å². The first-order valence-electron chi connectivity index (χ1n) is 6.49. The molecule has 1 aliphatic carbocycles. The van der Waals surface area contributed by atoms with Crippen molar-refractivity contribution in [3.8, 4) is 0 Å². The Balaban J connectivity index is 1.98. The number of nitrogens with one attached hydrogen (secondary N) is 1. The van der Waals surface area contributed by atoms with E-state index in [9.17, 15) is 0 Å². The van der Waals surface area contributed by atoms with Gasteiger partial charge in [0.1, 0.15) is 0 Å². The predicted molar refractivity (Wildman–Crippen MR) is 65.1 cm³/mol. The molecule has 2 heteroatoms. The van der Waals surface area contributed by atoms with E-state index in [1.165, 1.54) is 32.2 Å². The summed E-state index contributed by atoms with van der Waals surface area (Å²) in [7, 11) is 2.10. The highest BCUT2D eigenvalue weighted by Crippen LogP contribution is 2.44. The van der Waals surface area contributed by atoms with E-state index < -0.39 is 0 Å². The minimum Gasteiger partial charge on any atom is -0.317 e. The molecule has 0 bridgehead atoms. The van der Waals surface area contributed by atoms with Crippen molar-refractivity contribution < 1.29 is 0 Å². The number of rotatable bonds is 3. The average molecular weight is 210 g/mol. The highest BCUT2D eigenvalue weighted by molar-refractivity contribution is 4.99. The minimum absolute atomic E-state index is 0.443. The fourth-order valence-corrected chi connectivity index (χ4v) is 3.31. The molecule has 0 amide bonds. The van der Waals surface area contributed by atoms with Gasteiger partial charge in [0.25, 0.3) is 0 Å². The molecule has 0 aromatic rings. The molecule has 1 N–H and O–H groups in total. The Morgan fingerprint density at radius 2 is 1.87 bits per heavy atom. The molecule has 2 rings (SSSR count). The second-order valence-electron chi connectivity index (χ2n) is 5.98. The molecular weight excluding hydrogens is 184 g/mol. The van der Waals surface area contributed by atoms with Crippen LogP contribution in [-0.2, 0) is 0 Å². The Kier molecular flexibility index (Phi) is 3.09. The zero-order chi connectivity index (χ0) is 11.1. The molecular formula is C13H26N2. The molecule has 2 fully saturated rings. The van der Waals surface area contributed by atoms with Crippen LogP contribution in [0.5, 0.6) is 0 Å². The summed E-state index contributed by atoms with van der Waals surface area (Å²) in [6.45, 7) is 8.56. The van der Waals surface area contributed by atoms with Gasteiger partial charge in [-0.1, -0.05) is 0 Å². The zero-order valence-electron chi connectivity index (χ0n) is 10.7. The summed E-state index contributed by atoms with van der Waals surface area (Å²) < 4.78 is 0. The molecule has 88 valence electrons. The number of piperidine rings is 1. The van der Waals surface area contributed by atoms with Gasteiger partial charge in [-0.25, -0.2) is 0 Å². The molecule has 1 saturated heterocycles. The molecule has 2 aliphatic rings. The number of hydrogen-bond acceptors (Lipinski definition) is 2. The van der Waals surface area contributed by atoms with Crippen molar-refractivity contribution in [3.63, 3.8) is 0 Å². The molecule has 1 heterocycles. The third kappa shape index (κ3) is 2.21. The quantitative estimate of drug-likeness (QED) is 0.768. The molecule has 1 aliphatic heterocycles. The van der Waals surface area contributed by atoms with E-state index in [4.69, 9.17) is 0 Å². The summed E-state index contributed by atoms with van der Waals surface area (Å²) in [4.78, 5) is 2.75. The first-order valence-corrected chi connectivity index (χ1v) is 6.49. The van der Waals surface area contributed by atoms with Crippen molar-refractivity contribution in [2.75, 3.05) is 13.6 Å². The van der Waals surface area contributed by atoms with E-state index in [0.717, 1.165) is 18.0 Å². The average Bonchev–Trinajstić information content (AvgIpc) is 3.00. The molecule has 2 unspecified atom stereocenters. The summed E-state index contributed by atoms with van der Waals surface area (Å²) in [5.41, 5.74) is 0.443. The highest BCUT2D eigenvalue weighted by Gasteiger charge is 2.44. The van der Waals surface area contributed by atoms with Gasteiger partial charge in [-0.2, -0.15) is 0 Å². The monoisotopic (exact) mass is 210 g/mol. The van der Waals surface area contributed by atoms with E-state index in [0.29, 0.717) is 5.54 Å². The zero-order valence-corrected chi connectivity index (χ0v) is 10.7. The number of likely N-dealkylation sites (tertiary alicyclic amines) is 1. The Morgan fingerprint density at radius 1 is 1.20 bits per heavy atom. The van der Waals surface area contributed by atoms with Gasteiger partial charge in [0, 0.05) is 24.2 Å². The van der Waals surface area contributed by atoms with Crippen LogP contribution in [0.3, 0.4) is 0 Å². The van der Waals surface area contributed by atoms with Crippen molar-refractivity contribution in [1.82, 2.24) is 10.2 Å². The molecule has 15 heavy (non-hydrogen) atoms. The fourth-order valence-electron chi connectivity index (χ4n) is 3.31. The minimum atomic E-state index is 0.443. The summed E-state index contributed by atoms with van der Waals surface area (Å²) >= 11 is 0. The van der Waals surface area contributed by atoms with Crippen LogP contribution >= 0.6 is 0 Å². The molecule has 0 radical (unpaired) electrons. The predicted octanol–water partition coefficient (Wildman–Crippen LogP) is 2.25. The molecule has 2 nitrogen and oxygen atoms in total. The Labute approximate surface area is 94.4 Å². The lowest BCUT2D eigenvalue weighted by Gasteiger charge is -2.47. The largest absolute Gasteiger partial charge is 0.317 e. The maximum absolute atomic E-state index is 3.42. The highest BCUT2D eigenvalue weighted by atomic mass is 15.2. The lowest BCUT2D eigenvalue weighted by molar-refractivity contribution is 0.0238. The summed E-state index contributed by atoms with van der Waals surface area (Å²) in [5.74, 6) is 0.964. The van der Waals surface area contributed by atoms with E-state index in [-0.39, 0.29) is 0 Å². The van der Waals surface area contributed by atoms with Crippen LogP contribution in [0, 0.1) is 5.92 Å². The third-order valence-electron chi connectivity index (χ3n) is 4.60. The van der Waals surface area contributed by atoms with Gasteiger partial charge in [-0.05, 0) is 59.4 Å². The van der Waals surface area contributed by atoms with Crippen LogP contribution in [0.25, 0.3) is 0 Å². The first-order chi connectivity index (χ1) is 7.05. The van der Waals surface area contributed by atoms with Crippen LogP contribution in [0.15, 0.2) is 0 Å².